The molecular weight excluding hydrogens is 210 g/mol. The zero-order chi connectivity index (χ0) is 12.0. The molecule has 0 atom stereocenters. The Morgan fingerprint density at radius 3 is 2.71 bits per heavy atom. The number of H-pyrrole nitrogens is 1. The molecular formula is C14H19N3. The van der Waals surface area contributed by atoms with Gasteiger partial charge in [0, 0.05) is 11.5 Å². The van der Waals surface area contributed by atoms with Gasteiger partial charge >= 0.3 is 0 Å². The highest BCUT2D eigenvalue weighted by Crippen LogP contribution is 2.39. The van der Waals surface area contributed by atoms with Gasteiger partial charge < -0.3 is 10.7 Å². The highest BCUT2D eigenvalue weighted by Gasteiger charge is 2.34. The van der Waals surface area contributed by atoms with E-state index in [1.165, 1.54) is 12.0 Å². The largest absolute Gasteiger partial charge is 0.342 e. The van der Waals surface area contributed by atoms with Gasteiger partial charge in [0.05, 0.1) is 11.0 Å². The van der Waals surface area contributed by atoms with Crippen LogP contribution in [0.4, 0.5) is 0 Å². The second kappa shape index (κ2) is 3.57. The summed E-state index contributed by atoms with van der Waals surface area (Å²) in [5.41, 5.74) is 9.66. The average molecular weight is 229 g/mol. The maximum Gasteiger partial charge on any atom is 0.109 e. The quantitative estimate of drug-likeness (QED) is 0.831. The molecule has 1 aliphatic rings. The maximum absolute atomic E-state index is 6.35. The third-order valence-corrected chi connectivity index (χ3v) is 3.87. The minimum Gasteiger partial charge on any atom is -0.342 e. The Kier molecular flexibility index (Phi) is 2.26. The van der Waals surface area contributed by atoms with Gasteiger partial charge in [-0.2, -0.15) is 0 Å². The molecule has 0 radical (unpaired) electrons. The highest BCUT2D eigenvalue weighted by atomic mass is 14.9. The lowest BCUT2D eigenvalue weighted by atomic mass is 9.73. The molecule has 0 aliphatic heterocycles. The normalized spacial score (nSPS) is 18.6. The number of nitrogens with one attached hydrogen (secondary N) is 1. The summed E-state index contributed by atoms with van der Waals surface area (Å²) in [5.74, 6) is 1.48. The molecule has 0 saturated heterocycles. The summed E-state index contributed by atoms with van der Waals surface area (Å²) < 4.78 is 0. The van der Waals surface area contributed by atoms with E-state index in [2.05, 4.69) is 42.0 Å². The first-order valence-corrected chi connectivity index (χ1v) is 6.37. The Labute approximate surface area is 101 Å². The molecule has 1 saturated carbocycles. The van der Waals surface area contributed by atoms with Gasteiger partial charge in [-0.05, 0) is 37.0 Å². The molecule has 2 aromatic rings. The van der Waals surface area contributed by atoms with Crippen molar-refractivity contribution in [2.24, 2.45) is 5.73 Å². The van der Waals surface area contributed by atoms with Crippen LogP contribution in [0.25, 0.3) is 11.0 Å². The van der Waals surface area contributed by atoms with E-state index in [1.807, 2.05) is 0 Å². The first kappa shape index (κ1) is 10.8. The van der Waals surface area contributed by atoms with Crippen molar-refractivity contribution in [3.8, 4) is 0 Å². The van der Waals surface area contributed by atoms with E-state index in [4.69, 9.17) is 5.73 Å². The molecule has 1 fully saturated rings. The topological polar surface area (TPSA) is 54.7 Å². The van der Waals surface area contributed by atoms with Gasteiger partial charge in [0.15, 0.2) is 0 Å². The van der Waals surface area contributed by atoms with E-state index in [-0.39, 0.29) is 5.54 Å². The zero-order valence-corrected chi connectivity index (χ0v) is 10.5. The molecule has 0 unspecified atom stereocenters. The Morgan fingerprint density at radius 1 is 1.35 bits per heavy atom. The van der Waals surface area contributed by atoms with Gasteiger partial charge in [-0.25, -0.2) is 4.98 Å². The van der Waals surface area contributed by atoms with E-state index in [0.29, 0.717) is 5.92 Å². The van der Waals surface area contributed by atoms with E-state index >= 15 is 0 Å². The fraction of sp³-hybridized carbons (Fsp3) is 0.500. The van der Waals surface area contributed by atoms with Crippen molar-refractivity contribution in [3.63, 3.8) is 0 Å². The van der Waals surface area contributed by atoms with Crippen LogP contribution in [0.5, 0.6) is 0 Å². The number of nitrogens with zero attached hydrogens (tertiary/aromatic N) is 1. The van der Waals surface area contributed by atoms with Crippen LogP contribution in [0.15, 0.2) is 18.2 Å². The van der Waals surface area contributed by atoms with Crippen molar-refractivity contribution in [2.45, 2.75) is 44.6 Å². The van der Waals surface area contributed by atoms with Crippen LogP contribution in [0, 0.1) is 0 Å². The van der Waals surface area contributed by atoms with Crippen LogP contribution < -0.4 is 5.73 Å². The Hall–Kier alpha value is -1.35. The van der Waals surface area contributed by atoms with Crippen LogP contribution >= 0.6 is 0 Å². The number of aromatic amines is 1. The van der Waals surface area contributed by atoms with E-state index < -0.39 is 0 Å². The van der Waals surface area contributed by atoms with E-state index in [1.54, 1.807) is 0 Å². The summed E-state index contributed by atoms with van der Waals surface area (Å²) in [5, 5.41) is 0. The van der Waals surface area contributed by atoms with Gasteiger partial charge in [0.1, 0.15) is 5.82 Å². The molecule has 1 heterocycles. The second-order valence-electron chi connectivity index (χ2n) is 5.52. The molecule has 17 heavy (non-hydrogen) atoms. The van der Waals surface area contributed by atoms with Gasteiger partial charge in [-0.15, -0.1) is 0 Å². The summed E-state index contributed by atoms with van der Waals surface area (Å²) >= 11 is 0. The molecule has 1 aromatic carbocycles. The van der Waals surface area contributed by atoms with Gasteiger partial charge in [0.25, 0.3) is 0 Å². The smallest absolute Gasteiger partial charge is 0.109 e. The number of benzene rings is 1. The summed E-state index contributed by atoms with van der Waals surface area (Å²) in [6.07, 6.45) is 3.45. The summed E-state index contributed by atoms with van der Waals surface area (Å²) in [7, 11) is 0. The highest BCUT2D eigenvalue weighted by molar-refractivity contribution is 5.76. The third-order valence-electron chi connectivity index (χ3n) is 3.87. The first-order valence-electron chi connectivity index (χ1n) is 6.37. The van der Waals surface area contributed by atoms with Gasteiger partial charge in [-0.1, -0.05) is 19.9 Å². The molecule has 1 aliphatic carbocycles. The average Bonchev–Trinajstić information content (AvgIpc) is 2.68. The molecule has 3 rings (SSSR count). The molecule has 0 spiro atoms. The lowest BCUT2D eigenvalue weighted by Crippen LogP contribution is -2.43. The molecule has 90 valence electrons. The van der Waals surface area contributed by atoms with E-state index in [0.717, 1.165) is 29.7 Å². The third kappa shape index (κ3) is 1.65. The summed E-state index contributed by atoms with van der Waals surface area (Å²) in [6.45, 7) is 4.30. The number of fused-ring (bicyclic) bond motifs is 1. The van der Waals surface area contributed by atoms with Gasteiger partial charge in [-0.3, -0.25) is 0 Å². The van der Waals surface area contributed by atoms with Crippen molar-refractivity contribution in [2.75, 3.05) is 0 Å². The van der Waals surface area contributed by atoms with Crippen LogP contribution in [-0.2, 0) is 5.54 Å². The predicted molar refractivity (Wildman–Crippen MR) is 69.9 cm³/mol. The van der Waals surface area contributed by atoms with Crippen LogP contribution in [0.2, 0.25) is 0 Å². The second-order valence-corrected chi connectivity index (χ2v) is 5.52. The molecule has 1 aromatic heterocycles. The number of imidazole rings is 1. The van der Waals surface area contributed by atoms with Crippen LogP contribution in [0.3, 0.4) is 0 Å². The Morgan fingerprint density at radius 2 is 2.12 bits per heavy atom. The Bertz CT molecular complexity index is 550. The molecule has 3 N–H and O–H groups in total. The number of hydrogen-bond acceptors (Lipinski definition) is 2. The molecule has 0 bridgehead atoms. The lowest BCUT2D eigenvalue weighted by Gasteiger charge is -2.38. The molecule has 0 amide bonds. The SMILES string of the molecule is CC(C)c1nc2ccc(C3(N)CCC3)cc2[nH]1. The maximum atomic E-state index is 6.35. The van der Waals surface area contributed by atoms with Crippen LogP contribution in [-0.4, -0.2) is 9.97 Å². The monoisotopic (exact) mass is 229 g/mol. The summed E-state index contributed by atoms with van der Waals surface area (Å²) in [6, 6.07) is 6.39. The van der Waals surface area contributed by atoms with Gasteiger partial charge in [0.2, 0.25) is 0 Å². The van der Waals surface area contributed by atoms with Crippen molar-refractivity contribution in [1.29, 1.82) is 0 Å². The minimum absolute atomic E-state index is 0.0860. The summed E-state index contributed by atoms with van der Waals surface area (Å²) in [4.78, 5) is 7.97. The van der Waals surface area contributed by atoms with Crippen molar-refractivity contribution < 1.29 is 0 Å². The fourth-order valence-corrected chi connectivity index (χ4v) is 2.46. The van der Waals surface area contributed by atoms with Crippen molar-refractivity contribution >= 4 is 11.0 Å². The zero-order valence-electron chi connectivity index (χ0n) is 10.5. The Balaban J connectivity index is 2.06. The first-order chi connectivity index (χ1) is 8.08. The number of aromatic nitrogens is 2. The molecule has 3 nitrogen and oxygen atoms in total. The lowest BCUT2D eigenvalue weighted by molar-refractivity contribution is 0.254. The number of hydrogen-bond donors (Lipinski definition) is 2. The fourth-order valence-electron chi connectivity index (χ4n) is 2.46. The molecule has 3 heteroatoms. The van der Waals surface area contributed by atoms with E-state index in [9.17, 15) is 0 Å². The number of nitrogens with two attached hydrogens (primary N) is 1. The van der Waals surface area contributed by atoms with Crippen molar-refractivity contribution in [1.82, 2.24) is 9.97 Å². The van der Waals surface area contributed by atoms with Crippen LogP contribution in [0.1, 0.15) is 50.4 Å². The number of rotatable bonds is 2. The predicted octanol–water partition coefficient (Wildman–Crippen LogP) is 3.02. The standard InChI is InChI=1S/C14H19N3/c1-9(2)13-16-11-5-4-10(8-12(11)17-13)14(15)6-3-7-14/h4-5,8-9H,3,6-7,15H2,1-2H3,(H,16,17). The van der Waals surface area contributed by atoms with Crippen molar-refractivity contribution in [3.05, 3.63) is 29.6 Å². The minimum atomic E-state index is -0.0860.